The Morgan fingerprint density at radius 2 is 1.40 bits per heavy atom. The van der Waals surface area contributed by atoms with Gasteiger partial charge in [0.2, 0.25) is 0 Å². The number of aryl methyl sites for hydroxylation is 1. The van der Waals surface area contributed by atoms with Gasteiger partial charge in [0.1, 0.15) is 10.8 Å². The molecule has 2 fully saturated rings. The zero-order valence-corrected chi connectivity index (χ0v) is 27.6. The van der Waals surface area contributed by atoms with E-state index in [4.69, 9.17) is 20.8 Å². The minimum atomic E-state index is -0.258. The van der Waals surface area contributed by atoms with Crippen molar-refractivity contribution in [3.63, 3.8) is 0 Å². The summed E-state index contributed by atoms with van der Waals surface area (Å²) in [4.78, 5) is 34.3. The number of furan rings is 1. The molecule has 10 nitrogen and oxygen atoms in total. The van der Waals surface area contributed by atoms with Gasteiger partial charge in [-0.15, -0.1) is 0 Å². The molecular weight excluding hydrogens is 616 g/mol. The van der Waals surface area contributed by atoms with Gasteiger partial charge < -0.3 is 23.9 Å². The van der Waals surface area contributed by atoms with Gasteiger partial charge in [-0.05, 0) is 55.8 Å². The van der Waals surface area contributed by atoms with Gasteiger partial charge in [0.25, 0.3) is 11.5 Å². The Morgan fingerprint density at radius 1 is 0.745 bits per heavy atom. The molecule has 0 bridgehead atoms. The van der Waals surface area contributed by atoms with Gasteiger partial charge in [0.15, 0.2) is 11.5 Å². The lowest BCUT2D eigenvalue weighted by Gasteiger charge is -2.36. The summed E-state index contributed by atoms with van der Waals surface area (Å²) in [5.74, 6) is 1.97. The van der Waals surface area contributed by atoms with Crippen LogP contribution in [0.5, 0.6) is 11.5 Å². The van der Waals surface area contributed by atoms with Crippen LogP contribution in [-0.2, 0) is 6.54 Å². The molecule has 2 aromatic carbocycles. The highest BCUT2D eigenvalue weighted by Gasteiger charge is 2.26. The summed E-state index contributed by atoms with van der Waals surface area (Å²) in [5, 5.41) is 4.62. The van der Waals surface area contributed by atoms with E-state index in [9.17, 15) is 9.59 Å². The lowest BCUT2D eigenvalue weighted by Crippen LogP contribution is -2.49. The molecule has 1 amide bonds. The fourth-order valence-electron chi connectivity index (χ4n) is 6.30. The summed E-state index contributed by atoms with van der Waals surface area (Å²) in [6, 6.07) is 21.6. The van der Waals surface area contributed by atoms with Gasteiger partial charge in [-0.25, -0.2) is 4.68 Å². The topological polar surface area (TPSA) is 87.3 Å². The van der Waals surface area contributed by atoms with Gasteiger partial charge in [-0.1, -0.05) is 61.2 Å². The Balaban J connectivity index is 0.868. The first-order valence-corrected chi connectivity index (χ1v) is 17.1. The average molecular weight is 659 g/mol. The van der Waals surface area contributed by atoms with E-state index in [2.05, 4.69) is 27.0 Å². The second kappa shape index (κ2) is 16.0. The third-order valence-electron chi connectivity index (χ3n) is 9.00. The first kappa shape index (κ1) is 32.7. The van der Waals surface area contributed by atoms with Gasteiger partial charge in [0, 0.05) is 58.9 Å². The van der Waals surface area contributed by atoms with E-state index in [0.717, 1.165) is 69.2 Å². The van der Waals surface area contributed by atoms with E-state index < -0.39 is 0 Å². The molecule has 11 heteroatoms. The summed E-state index contributed by atoms with van der Waals surface area (Å²) in [6.07, 6.45) is 8.59. The highest BCUT2D eigenvalue weighted by molar-refractivity contribution is 6.33. The summed E-state index contributed by atoms with van der Waals surface area (Å²) in [6.45, 7) is 7.92. The molecule has 0 saturated carbocycles. The van der Waals surface area contributed by atoms with Crippen LogP contribution in [0.2, 0.25) is 5.02 Å². The van der Waals surface area contributed by atoms with Crippen molar-refractivity contribution in [2.45, 2.75) is 38.6 Å². The molecule has 6 rings (SSSR count). The van der Waals surface area contributed by atoms with Gasteiger partial charge in [-0.3, -0.25) is 14.5 Å². The number of aromatic nitrogens is 2. The first-order chi connectivity index (χ1) is 23.1. The third-order valence-corrected chi connectivity index (χ3v) is 9.35. The van der Waals surface area contributed by atoms with Gasteiger partial charge >= 0.3 is 0 Å². The van der Waals surface area contributed by atoms with Crippen LogP contribution in [0, 0.1) is 0 Å². The van der Waals surface area contributed by atoms with Crippen molar-refractivity contribution < 1.29 is 13.9 Å². The van der Waals surface area contributed by atoms with Crippen LogP contribution in [0.3, 0.4) is 0 Å². The molecule has 0 radical (unpaired) electrons. The normalized spacial score (nSPS) is 15.6. The Labute approximate surface area is 281 Å². The van der Waals surface area contributed by atoms with Crippen molar-refractivity contribution in [1.82, 2.24) is 19.6 Å². The van der Waals surface area contributed by atoms with E-state index in [1.54, 1.807) is 23.2 Å². The minimum Gasteiger partial charge on any atom is -0.459 e. The van der Waals surface area contributed by atoms with Crippen LogP contribution < -0.4 is 20.1 Å². The van der Waals surface area contributed by atoms with Crippen LogP contribution >= 0.6 is 11.6 Å². The average Bonchev–Trinajstić information content (AvgIpc) is 3.66. The van der Waals surface area contributed by atoms with Crippen LogP contribution in [0.4, 0.5) is 11.4 Å². The molecule has 248 valence electrons. The first-order valence-electron chi connectivity index (χ1n) is 16.7. The number of rotatable bonds is 13. The highest BCUT2D eigenvalue weighted by atomic mass is 35.5. The predicted molar refractivity (Wildman–Crippen MR) is 185 cm³/mol. The molecule has 0 N–H and O–H groups in total. The summed E-state index contributed by atoms with van der Waals surface area (Å²) in [5.41, 5.74) is 1.52. The number of carbonyl (C=O) groups is 1. The van der Waals surface area contributed by atoms with E-state index in [1.165, 1.54) is 23.8 Å². The molecule has 2 aliphatic heterocycles. The van der Waals surface area contributed by atoms with Gasteiger partial charge in [0.05, 0.1) is 23.8 Å². The quantitative estimate of drug-likeness (QED) is 0.161. The molecule has 2 aromatic heterocycles. The van der Waals surface area contributed by atoms with Crippen LogP contribution in [0.25, 0.3) is 0 Å². The maximum Gasteiger partial charge on any atom is 0.289 e. The zero-order chi connectivity index (χ0) is 32.4. The minimum absolute atomic E-state index is 0.125. The number of hydrogen-bond acceptors (Lipinski definition) is 8. The second-order valence-electron chi connectivity index (χ2n) is 12.1. The molecule has 4 aromatic rings. The van der Waals surface area contributed by atoms with E-state index in [1.807, 2.05) is 47.4 Å². The molecule has 2 aliphatic rings. The van der Waals surface area contributed by atoms with Crippen LogP contribution in [0.15, 0.2) is 88.4 Å². The highest BCUT2D eigenvalue weighted by Crippen LogP contribution is 2.32. The number of amides is 1. The molecule has 0 atom stereocenters. The number of ether oxygens (including phenoxy) is 1. The monoisotopic (exact) mass is 658 g/mol. The van der Waals surface area contributed by atoms with Crippen molar-refractivity contribution in [3.05, 3.63) is 100 Å². The number of unbranched alkanes of at least 4 members (excludes halogenated alkanes) is 4. The molecular formula is C36H43ClN6O4. The van der Waals surface area contributed by atoms with Crippen LogP contribution in [-0.4, -0.2) is 84.4 Å². The third kappa shape index (κ3) is 8.36. The standard InChI is InChI=1S/C36H43ClN6O4/c37-34-31(41-23-25-42(26-24-41)35(44)33-16-11-27-46-33)28-38-43(36(34)45)18-10-3-1-2-9-17-39-19-21-40(22-20-39)30-14-7-8-15-32(30)47-29-12-5-4-6-13-29/h4-8,11-16,27-28H,1-3,9-10,17-26H2. The maximum absolute atomic E-state index is 13.0. The van der Waals surface area contributed by atoms with Crippen molar-refractivity contribution in [2.24, 2.45) is 0 Å². The van der Waals surface area contributed by atoms with Crippen LogP contribution in [0.1, 0.15) is 42.7 Å². The molecule has 0 spiro atoms. The zero-order valence-electron chi connectivity index (χ0n) is 26.8. The fraction of sp³-hybridized carbons (Fsp3) is 0.417. The van der Waals surface area contributed by atoms with Crippen molar-refractivity contribution in [2.75, 3.05) is 68.7 Å². The maximum atomic E-state index is 13.0. The number of para-hydroxylation sites is 3. The molecule has 0 aliphatic carbocycles. The van der Waals surface area contributed by atoms with Crippen molar-refractivity contribution in [3.8, 4) is 11.5 Å². The smallest absolute Gasteiger partial charge is 0.289 e. The molecule has 0 unspecified atom stereocenters. The Kier molecular flexibility index (Phi) is 11.1. The Bertz CT molecular complexity index is 1630. The SMILES string of the molecule is O=C(c1ccco1)N1CCN(c2cnn(CCCCCCCN3CCN(c4ccccc4Oc4ccccc4)CC3)c(=O)c2Cl)CC1. The lowest BCUT2D eigenvalue weighted by molar-refractivity contribution is 0.0714. The molecule has 47 heavy (non-hydrogen) atoms. The Morgan fingerprint density at radius 3 is 2.15 bits per heavy atom. The van der Waals surface area contributed by atoms with Crippen molar-refractivity contribution >= 4 is 28.9 Å². The van der Waals surface area contributed by atoms with E-state index in [0.29, 0.717) is 44.2 Å². The van der Waals surface area contributed by atoms with E-state index in [-0.39, 0.29) is 16.5 Å². The number of hydrogen-bond donors (Lipinski definition) is 0. The number of carbonyl (C=O) groups excluding carboxylic acids is 1. The predicted octanol–water partition coefficient (Wildman–Crippen LogP) is 6.02. The number of halogens is 1. The lowest BCUT2D eigenvalue weighted by atomic mass is 10.1. The molecule has 2 saturated heterocycles. The van der Waals surface area contributed by atoms with E-state index >= 15 is 0 Å². The second-order valence-corrected chi connectivity index (χ2v) is 12.5. The largest absolute Gasteiger partial charge is 0.459 e. The molecule has 4 heterocycles. The van der Waals surface area contributed by atoms with Crippen molar-refractivity contribution in [1.29, 1.82) is 0 Å². The summed E-state index contributed by atoms with van der Waals surface area (Å²) >= 11 is 6.53. The Hall–Kier alpha value is -4.28. The van der Waals surface area contributed by atoms with Gasteiger partial charge in [-0.2, -0.15) is 5.10 Å². The number of nitrogens with zero attached hydrogens (tertiary/aromatic N) is 6. The number of anilines is 2. The summed E-state index contributed by atoms with van der Waals surface area (Å²) < 4.78 is 12.9. The number of piperazine rings is 2. The number of benzene rings is 2. The fourth-order valence-corrected chi connectivity index (χ4v) is 6.57. The summed E-state index contributed by atoms with van der Waals surface area (Å²) in [7, 11) is 0.